The molecule has 0 aliphatic carbocycles. The lowest BCUT2D eigenvalue weighted by Crippen LogP contribution is -2.19. The molecule has 0 saturated heterocycles. The number of rotatable bonds is 2. The van der Waals surface area contributed by atoms with E-state index in [0.717, 1.165) is 11.1 Å². The molecule has 0 fully saturated rings. The number of benzene rings is 2. The van der Waals surface area contributed by atoms with Crippen molar-refractivity contribution in [1.29, 1.82) is 0 Å². The van der Waals surface area contributed by atoms with Crippen LogP contribution in [0.1, 0.15) is 27.9 Å². The predicted octanol–water partition coefficient (Wildman–Crippen LogP) is 4.19. The first-order chi connectivity index (χ1) is 9.65. The third-order valence-electron chi connectivity index (χ3n) is 3.48. The Hall–Kier alpha value is -1.68. The second kappa shape index (κ2) is 5.37. The highest BCUT2D eigenvalue weighted by molar-refractivity contribution is 9.09. The van der Waals surface area contributed by atoms with Gasteiger partial charge in [0, 0.05) is 17.7 Å². The van der Waals surface area contributed by atoms with Crippen molar-refractivity contribution in [3.63, 3.8) is 0 Å². The maximum atomic E-state index is 14.3. The first-order valence-electron chi connectivity index (χ1n) is 6.46. The van der Waals surface area contributed by atoms with Crippen molar-refractivity contribution in [2.45, 2.75) is 17.7 Å². The Morgan fingerprint density at radius 3 is 2.65 bits per heavy atom. The van der Waals surface area contributed by atoms with Gasteiger partial charge in [0.1, 0.15) is 5.82 Å². The number of aryl methyl sites for hydroxylation is 1. The SMILES string of the molecule is O=C1CCc2cc(C(Br)c3ccccc3)c(F)cc2N1. The van der Waals surface area contributed by atoms with Crippen LogP contribution in [0.3, 0.4) is 0 Å². The van der Waals surface area contributed by atoms with E-state index in [9.17, 15) is 9.18 Å². The van der Waals surface area contributed by atoms with Crippen molar-refractivity contribution in [2.75, 3.05) is 5.32 Å². The van der Waals surface area contributed by atoms with Gasteiger partial charge < -0.3 is 5.32 Å². The van der Waals surface area contributed by atoms with Gasteiger partial charge in [-0.05, 0) is 29.7 Å². The highest BCUT2D eigenvalue weighted by Gasteiger charge is 2.21. The summed E-state index contributed by atoms with van der Waals surface area (Å²) in [6, 6.07) is 13.0. The molecule has 2 nitrogen and oxygen atoms in total. The number of amides is 1. The van der Waals surface area contributed by atoms with Crippen LogP contribution in [0.4, 0.5) is 10.1 Å². The number of carbonyl (C=O) groups is 1. The summed E-state index contributed by atoms with van der Waals surface area (Å²) < 4.78 is 14.3. The van der Waals surface area contributed by atoms with Crippen LogP contribution in [0.5, 0.6) is 0 Å². The molecule has 2 aromatic carbocycles. The van der Waals surface area contributed by atoms with E-state index in [1.165, 1.54) is 6.07 Å². The fourth-order valence-electron chi connectivity index (χ4n) is 2.42. The lowest BCUT2D eigenvalue weighted by Gasteiger charge is -2.20. The highest BCUT2D eigenvalue weighted by Crippen LogP contribution is 2.36. The van der Waals surface area contributed by atoms with Gasteiger partial charge in [-0.25, -0.2) is 4.39 Å². The fourth-order valence-corrected chi connectivity index (χ4v) is 3.07. The summed E-state index contributed by atoms with van der Waals surface area (Å²) in [6.07, 6.45) is 1.11. The zero-order valence-electron chi connectivity index (χ0n) is 10.7. The van der Waals surface area contributed by atoms with Crippen molar-refractivity contribution < 1.29 is 9.18 Å². The fraction of sp³-hybridized carbons (Fsp3) is 0.188. The molecule has 4 heteroatoms. The number of anilines is 1. The molecule has 1 aliphatic rings. The number of alkyl halides is 1. The summed E-state index contributed by atoms with van der Waals surface area (Å²) in [6.45, 7) is 0. The minimum absolute atomic E-state index is 0.0527. The largest absolute Gasteiger partial charge is 0.326 e. The van der Waals surface area contributed by atoms with Gasteiger partial charge in [-0.15, -0.1) is 0 Å². The van der Waals surface area contributed by atoms with Crippen LogP contribution in [-0.4, -0.2) is 5.91 Å². The number of hydrogen-bond acceptors (Lipinski definition) is 1. The van der Waals surface area contributed by atoms with E-state index < -0.39 is 0 Å². The smallest absolute Gasteiger partial charge is 0.224 e. The zero-order chi connectivity index (χ0) is 14.1. The maximum absolute atomic E-state index is 14.3. The summed E-state index contributed by atoms with van der Waals surface area (Å²) in [5.74, 6) is -0.361. The van der Waals surface area contributed by atoms with Crippen LogP contribution < -0.4 is 5.32 Å². The molecule has 0 bridgehead atoms. The summed E-state index contributed by atoms with van der Waals surface area (Å²) in [5, 5.41) is 2.71. The molecule has 1 amide bonds. The molecule has 1 atom stereocenters. The van der Waals surface area contributed by atoms with Gasteiger partial charge in [-0.3, -0.25) is 4.79 Å². The Balaban J connectivity index is 2.00. The predicted molar refractivity (Wildman–Crippen MR) is 80.6 cm³/mol. The molecule has 1 heterocycles. The van der Waals surface area contributed by atoms with Crippen molar-refractivity contribution in [3.8, 4) is 0 Å². The van der Waals surface area contributed by atoms with Gasteiger partial charge >= 0.3 is 0 Å². The molecule has 0 radical (unpaired) electrons. The first kappa shape index (κ1) is 13.3. The molecule has 3 rings (SSSR count). The molecule has 2 aromatic rings. The molecule has 0 saturated carbocycles. The maximum Gasteiger partial charge on any atom is 0.224 e. The van der Waals surface area contributed by atoms with E-state index in [0.29, 0.717) is 24.1 Å². The molecular formula is C16H13BrFNO. The number of hydrogen-bond donors (Lipinski definition) is 1. The summed E-state index contributed by atoms with van der Waals surface area (Å²) in [4.78, 5) is 11.1. The Bertz CT molecular complexity index is 657. The van der Waals surface area contributed by atoms with Crippen LogP contribution in [0.2, 0.25) is 0 Å². The monoisotopic (exact) mass is 333 g/mol. The van der Waals surface area contributed by atoms with Gasteiger partial charge in [0.2, 0.25) is 5.91 Å². The number of carbonyl (C=O) groups excluding carboxylic acids is 1. The van der Waals surface area contributed by atoms with Crippen molar-refractivity contribution in [1.82, 2.24) is 0 Å². The van der Waals surface area contributed by atoms with Crippen LogP contribution in [0.15, 0.2) is 42.5 Å². The van der Waals surface area contributed by atoms with E-state index in [1.807, 2.05) is 36.4 Å². The minimum atomic E-state index is -0.309. The van der Waals surface area contributed by atoms with Gasteiger partial charge in [0.05, 0.1) is 4.83 Å². The van der Waals surface area contributed by atoms with Crippen molar-refractivity contribution >= 4 is 27.5 Å². The van der Waals surface area contributed by atoms with Crippen LogP contribution in [0, 0.1) is 5.82 Å². The number of fused-ring (bicyclic) bond motifs is 1. The van der Waals surface area contributed by atoms with Crippen LogP contribution in [0.25, 0.3) is 0 Å². The normalized spacial score (nSPS) is 15.4. The molecule has 1 unspecified atom stereocenters. The summed E-state index contributed by atoms with van der Waals surface area (Å²) >= 11 is 3.56. The van der Waals surface area contributed by atoms with Crippen LogP contribution >= 0.6 is 15.9 Å². The van der Waals surface area contributed by atoms with Crippen molar-refractivity contribution in [2.24, 2.45) is 0 Å². The molecule has 1 aliphatic heterocycles. The average molecular weight is 334 g/mol. The third-order valence-corrected chi connectivity index (χ3v) is 4.51. The van der Waals surface area contributed by atoms with E-state index in [-0.39, 0.29) is 16.6 Å². The van der Waals surface area contributed by atoms with Crippen molar-refractivity contribution in [3.05, 3.63) is 65.0 Å². The molecule has 0 aromatic heterocycles. The second-order valence-corrected chi connectivity index (χ2v) is 5.77. The van der Waals surface area contributed by atoms with E-state index in [4.69, 9.17) is 0 Å². The number of nitrogens with one attached hydrogen (secondary N) is 1. The Kier molecular flexibility index (Phi) is 3.57. The highest BCUT2D eigenvalue weighted by atomic mass is 79.9. The Labute approximate surface area is 125 Å². The van der Waals surface area contributed by atoms with E-state index >= 15 is 0 Å². The zero-order valence-corrected chi connectivity index (χ0v) is 12.3. The Morgan fingerprint density at radius 2 is 1.90 bits per heavy atom. The summed E-state index contributed by atoms with van der Waals surface area (Å²) in [7, 11) is 0. The van der Waals surface area contributed by atoms with Gasteiger partial charge in [-0.2, -0.15) is 0 Å². The van der Waals surface area contributed by atoms with Gasteiger partial charge in [0.25, 0.3) is 0 Å². The Morgan fingerprint density at radius 1 is 1.15 bits per heavy atom. The lowest BCUT2D eigenvalue weighted by atomic mass is 9.96. The molecule has 20 heavy (non-hydrogen) atoms. The molecule has 102 valence electrons. The average Bonchev–Trinajstić information content (AvgIpc) is 2.46. The van der Waals surface area contributed by atoms with Gasteiger partial charge in [-0.1, -0.05) is 46.3 Å². The lowest BCUT2D eigenvalue weighted by molar-refractivity contribution is -0.116. The topological polar surface area (TPSA) is 29.1 Å². The molecule has 1 N–H and O–H groups in total. The number of halogens is 2. The quantitative estimate of drug-likeness (QED) is 0.820. The minimum Gasteiger partial charge on any atom is -0.326 e. The van der Waals surface area contributed by atoms with Gasteiger partial charge in [0.15, 0.2) is 0 Å². The first-order valence-corrected chi connectivity index (χ1v) is 7.38. The van der Waals surface area contributed by atoms with E-state index in [1.54, 1.807) is 0 Å². The molecular weight excluding hydrogens is 321 g/mol. The van der Waals surface area contributed by atoms with Crippen LogP contribution in [-0.2, 0) is 11.2 Å². The van der Waals surface area contributed by atoms with E-state index in [2.05, 4.69) is 21.2 Å². The molecule has 0 spiro atoms. The summed E-state index contributed by atoms with van der Waals surface area (Å²) in [5.41, 5.74) is 3.19. The third kappa shape index (κ3) is 2.48. The second-order valence-electron chi connectivity index (χ2n) is 4.85. The standard InChI is InChI=1S/C16H13BrFNO/c17-16(10-4-2-1-3-5-10)12-8-11-6-7-15(20)19-14(11)9-13(12)18/h1-5,8-9,16H,6-7H2,(H,19,20).